The van der Waals surface area contributed by atoms with Gasteiger partial charge in [-0.2, -0.15) is 0 Å². The molecule has 75 heavy (non-hydrogen) atoms. The van der Waals surface area contributed by atoms with Crippen LogP contribution in [0.4, 0.5) is 0 Å². The van der Waals surface area contributed by atoms with Gasteiger partial charge in [-0.25, -0.2) is 0 Å². The van der Waals surface area contributed by atoms with E-state index in [1.807, 2.05) is 0 Å². The summed E-state index contributed by atoms with van der Waals surface area (Å²) < 4.78 is 5.50. The average molecular weight is 1060 g/mol. The van der Waals surface area contributed by atoms with Crippen molar-refractivity contribution in [1.82, 2.24) is 5.32 Å². The van der Waals surface area contributed by atoms with Crippen molar-refractivity contribution >= 4 is 11.9 Å². The number of ether oxygens (including phenoxy) is 1. The topological polar surface area (TPSA) is 95.9 Å². The number of hydrogen-bond donors (Lipinski definition) is 3. The van der Waals surface area contributed by atoms with Crippen molar-refractivity contribution in [3.63, 3.8) is 0 Å². The summed E-state index contributed by atoms with van der Waals surface area (Å²) in [4.78, 5) is 24.6. The van der Waals surface area contributed by atoms with Crippen molar-refractivity contribution in [2.45, 2.75) is 392 Å². The van der Waals surface area contributed by atoms with Crippen molar-refractivity contribution in [2.75, 3.05) is 13.2 Å². The number of rotatable bonds is 64. The Morgan fingerprint density at radius 3 is 1.01 bits per heavy atom. The number of hydrogen-bond acceptors (Lipinski definition) is 5. The van der Waals surface area contributed by atoms with Gasteiger partial charge in [0.2, 0.25) is 5.91 Å². The van der Waals surface area contributed by atoms with Crippen LogP contribution in [0, 0.1) is 0 Å². The fraction of sp³-hybridized carbons (Fsp3) is 0.913. The molecule has 6 nitrogen and oxygen atoms in total. The molecule has 0 aromatic carbocycles. The first kappa shape index (κ1) is 73.3. The highest BCUT2D eigenvalue weighted by Crippen LogP contribution is 2.18. The van der Waals surface area contributed by atoms with Gasteiger partial charge in [0.05, 0.1) is 25.4 Å². The molecule has 0 bridgehead atoms. The molecule has 1 amide bonds. The lowest BCUT2D eigenvalue weighted by Gasteiger charge is -2.22. The molecule has 2 atom stereocenters. The first-order valence-corrected chi connectivity index (χ1v) is 34.1. The number of aliphatic hydroxyl groups excluding tert-OH is 2. The molecule has 6 heteroatoms. The van der Waals surface area contributed by atoms with Crippen LogP contribution in [0.25, 0.3) is 0 Å². The number of carbonyl (C=O) groups excluding carboxylic acids is 2. The van der Waals surface area contributed by atoms with Crippen molar-refractivity contribution in [3.05, 3.63) is 24.3 Å². The van der Waals surface area contributed by atoms with Gasteiger partial charge in [0.25, 0.3) is 0 Å². The van der Waals surface area contributed by atoms with E-state index >= 15 is 0 Å². The molecule has 0 spiro atoms. The summed E-state index contributed by atoms with van der Waals surface area (Å²) in [5.74, 6) is -0.0303. The lowest BCUT2D eigenvalue weighted by molar-refractivity contribution is -0.143. The highest BCUT2D eigenvalue weighted by atomic mass is 16.5. The largest absolute Gasteiger partial charge is 0.466 e. The second-order valence-corrected chi connectivity index (χ2v) is 23.5. The quantitative estimate of drug-likeness (QED) is 0.0320. The van der Waals surface area contributed by atoms with Crippen LogP contribution in [0.3, 0.4) is 0 Å². The van der Waals surface area contributed by atoms with E-state index in [9.17, 15) is 19.8 Å². The van der Waals surface area contributed by atoms with Gasteiger partial charge in [-0.1, -0.05) is 334 Å². The van der Waals surface area contributed by atoms with Crippen LogP contribution in [0.5, 0.6) is 0 Å². The highest BCUT2D eigenvalue weighted by molar-refractivity contribution is 5.76. The number of esters is 1. The minimum Gasteiger partial charge on any atom is -0.466 e. The van der Waals surface area contributed by atoms with Crippen LogP contribution in [0.1, 0.15) is 380 Å². The van der Waals surface area contributed by atoms with Crippen LogP contribution < -0.4 is 5.32 Å². The summed E-state index contributed by atoms with van der Waals surface area (Å²) in [7, 11) is 0. The SMILES string of the molecule is CCCCCCCCCCCCCCCCCCCCC(O)C(CO)NC(=O)CCCCCCCCC/C=C\C/C=C\CCCCCCCCCCCOC(=O)CCCCCCCCCCCCCCCCCCC. The van der Waals surface area contributed by atoms with E-state index < -0.39 is 12.1 Å². The Hall–Kier alpha value is -1.66. The molecule has 0 heterocycles. The standard InChI is InChI=1S/C69H133NO5/c1-3-5-7-9-11-13-15-17-19-21-30-33-37-41-45-49-53-57-61-67(72)66(65-71)70-68(73)62-58-54-50-46-42-38-34-31-27-25-23-22-24-26-28-32-36-40-44-48-52-56-60-64-75-69(74)63-59-55-51-47-43-39-35-29-20-18-16-14-12-10-8-6-4-2/h22,24-25,27,66-67,71-72H,3-21,23,26,28-65H2,1-2H3,(H,70,73)/b24-22-,27-25-. The number of allylic oxidation sites excluding steroid dienone is 4. The Kier molecular flexibility index (Phi) is 63.4. The number of carbonyl (C=O) groups is 2. The van der Waals surface area contributed by atoms with Gasteiger partial charge in [0.1, 0.15) is 0 Å². The maximum atomic E-state index is 12.5. The highest BCUT2D eigenvalue weighted by Gasteiger charge is 2.20. The molecule has 444 valence electrons. The maximum absolute atomic E-state index is 12.5. The van der Waals surface area contributed by atoms with Crippen molar-refractivity contribution < 1.29 is 24.5 Å². The minimum atomic E-state index is -0.671. The first-order chi connectivity index (χ1) is 37.0. The van der Waals surface area contributed by atoms with Gasteiger partial charge in [0.15, 0.2) is 0 Å². The molecule has 0 saturated heterocycles. The van der Waals surface area contributed by atoms with E-state index in [4.69, 9.17) is 4.74 Å². The second kappa shape index (κ2) is 64.9. The van der Waals surface area contributed by atoms with E-state index in [1.165, 1.54) is 302 Å². The zero-order chi connectivity index (χ0) is 54.3. The summed E-state index contributed by atoms with van der Waals surface area (Å²) in [6, 6.07) is -0.549. The zero-order valence-corrected chi connectivity index (χ0v) is 50.8. The van der Waals surface area contributed by atoms with Crippen LogP contribution in [-0.4, -0.2) is 47.4 Å². The normalized spacial score (nSPS) is 12.6. The second-order valence-electron chi connectivity index (χ2n) is 23.5. The molecule has 0 rings (SSSR count). The molecule has 0 aromatic heterocycles. The smallest absolute Gasteiger partial charge is 0.305 e. The van der Waals surface area contributed by atoms with Gasteiger partial charge in [-0.15, -0.1) is 0 Å². The molecule has 0 saturated carbocycles. The van der Waals surface area contributed by atoms with Crippen molar-refractivity contribution in [1.29, 1.82) is 0 Å². The third-order valence-corrected chi connectivity index (χ3v) is 16.0. The molecule has 0 aliphatic carbocycles. The fourth-order valence-corrected chi connectivity index (χ4v) is 10.8. The Balaban J connectivity index is 3.43. The molecule has 0 aromatic rings. The van der Waals surface area contributed by atoms with Crippen LogP contribution in [0.2, 0.25) is 0 Å². The third-order valence-electron chi connectivity index (χ3n) is 16.0. The van der Waals surface area contributed by atoms with Crippen LogP contribution in [-0.2, 0) is 14.3 Å². The predicted octanol–water partition coefficient (Wildman–Crippen LogP) is 21.8. The third kappa shape index (κ3) is 61.4. The van der Waals surface area contributed by atoms with E-state index in [0.29, 0.717) is 25.9 Å². The zero-order valence-electron chi connectivity index (χ0n) is 50.8. The van der Waals surface area contributed by atoms with Gasteiger partial charge in [-0.3, -0.25) is 9.59 Å². The van der Waals surface area contributed by atoms with Crippen LogP contribution in [0.15, 0.2) is 24.3 Å². The average Bonchev–Trinajstić information content (AvgIpc) is 3.41. The molecule has 2 unspecified atom stereocenters. The molecule has 3 N–H and O–H groups in total. The molecule has 0 aliphatic rings. The summed E-state index contributed by atoms with van der Waals surface area (Å²) in [5, 5.41) is 23.4. The Bertz CT molecular complexity index is 1170. The predicted molar refractivity (Wildman–Crippen MR) is 329 cm³/mol. The fourth-order valence-electron chi connectivity index (χ4n) is 10.8. The van der Waals surface area contributed by atoms with E-state index in [-0.39, 0.29) is 18.5 Å². The van der Waals surface area contributed by atoms with E-state index in [2.05, 4.69) is 43.5 Å². The molecule has 0 fully saturated rings. The monoisotopic (exact) mass is 1060 g/mol. The van der Waals surface area contributed by atoms with Gasteiger partial charge >= 0.3 is 5.97 Å². The summed E-state index contributed by atoms with van der Waals surface area (Å²) >= 11 is 0. The van der Waals surface area contributed by atoms with Gasteiger partial charge in [-0.05, 0) is 57.8 Å². The first-order valence-electron chi connectivity index (χ1n) is 34.1. The Morgan fingerprint density at radius 1 is 0.373 bits per heavy atom. The number of unbranched alkanes of at least 4 members (excludes halogenated alkanes) is 49. The molecular weight excluding hydrogens is 923 g/mol. The summed E-state index contributed by atoms with van der Waals surface area (Å²) in [5.41, 5.74) is 0. The lowest BCUT2D eigenvalue weighted by Crippen LogP contribution is -2.45. The van der Waals surface area contributed by atoms with E-state index in [1.54, 1.807) is 0 Å². The number of aliphatic hydroxyl groups is 2. The lowest BCUT2D eigenvalue weighted by atomic mass is 10.0. The molecule has 0 radical (unpaired) electrons. The number of nitrogens with one attached hydrogen (secondary N) is 1. The van der Waals surface area contributed by atoms with Crippen molar-refractivity contribution in [2.24, 2.45) is 0 Å². The van der Waals surface area contributed by atoms with Gasteiger partial charge < -0.3 is 20.3 Å². The Labute approximate surface area is 469 Å². The molecule has 0 aliphatic heterocycles. The van der Waals surface area contributed by atoms with Crippen molar-refractivity contribution in [3.8, 4) is 0 Å². The summed E-state index contributed by atoms with van der Waals surface area (Å²) in [6.45, 7) is 4.98. The molecular formula is C69H133NO5. The number of amides is 1. The van der Waals surface area contributed by atoms with Crippen LogP contribution >= 0.6 is 0 Å². The maximum Gasteiger partial charge on any atom is 0.305 e. The Morgan fingerprint density at radius 2 is 0.667 bits per heavy atom. The van der Waals surface area contributed by atoms with Gasteiger partial charge in [0, 0.05) is 12.8 Å². The summed E-state index contributed by atoms with van der Waals surface area (Å²) in [6.07, 6.45) is 80.6. The minimum absolute atomic E-state index is 0.0118. The van der Waals surface area contributed by atoms with E-state index in [0.717, 1.165) is 44.9 Å².